The molecule has 0 heterocycles. The molecule has 1 N–H and O–H groups in total. The summed E-state index contributed by atoms with van der Waals surface area (Å²) in [5.74, 6) is -0.947. The van der Waals surface area contributed by atoms with Gasteiger partial charge in [-0.05, 0) is 19.8 Å². The van der Waals surface area contributed by atoms with Crippen molar-refractivity contribution >= 4 is 11.8 Å². The Morgan fingerprint density at radius 1 is 1.17 bits per heavy atom. The SMILES string of the molecule is CCN(CCO)C(=O)C(=O)N(C)C1CCCCC1. The van der Waals surface area contributed by atoms with Crippen LogP contribution in [0.5, 0.6) is 0 Å². The summed E-state index contributed by atoms with van der Waals surface area (Å²) in [7, 11) is 1.71. The van der Waals surface area contributed by atoms with Gasteiger partial charge in [0.15, 0.2) is 0 Å². The van der Waals surface area contributed by atoms with E-state index >= 15 is 0 Å². The van der Waals surface area contributed by atoms with Crippen LogP contribution in [0.1, 0.15) is 39.0 Å². The van der Waals surface area contributed by atoms with Crippen LogP contribution in [0.4, 0.5) is 0 Å². The Bertz CT molecular complexity index is 288. The first-order valence-electron chi connectivity index (χ1n) is 6.78. The maximum Gasteiger partial charge on any atom is 0.312 e. The number of nitrogens with zero attached hydrogens (tertiary/aromatic N) is 2. The summed E-state index contributed by atoms with van der Waals surface area (Å²) in [6, 6.07) is 0.197. The number of carbonyl (C=O) groups excluding carboxylic acids is 2. The Kier molecular flexibility index (Phi) is 6.12. The molecule has 0 aromatic carbocycles. The fourth-order valence-electron chi connectivity index (χ4n) is 2.44. The molecule has 0 aromatic rings. The van der Waals surface area contributed by atoms with E-state index in [4.69, 9.17) is 5.11 Å². The molecule has 1 saturated carbocycles. The van der Waals surface area contributed by atoms with Crippen LogP contribution in [0.15, 0.2) is 0 Å². The number of likely N-dealkylation sites (N-methyl/N-ethyl adjacent to an activating group) is 2. The van der Waals surface area contributed by atoms with E-state index < -0.39 is 11.8 Å². The molecule has 0 atom stereocenters. The monoisotopic (exact) mass is 256 g/mol. The summed E-state index contributed by atoms with van der Waals surface area (Å²) in [6.07, 6.45) is 5.45. The summed E-state index contributed by atoms with van der Waals surface area (Å²) < 4.78 is 0. The fourth-order valence-corrected chi connectivity index (χ4v) is 2.44. The highest BCUT2D eigenvalue weighted by Crippen LogP contribution is 2.21. The van der Waals surface area contributed by atoms with Crippen LogP contribution < -0.4 is 0 Å². The molecule has 0 unspecified atom stereocenters. The highest BCUT2D eigenvalue weighted by atomic mass is 16.3. The molecular formula is C13H24N2O3. The lowest BCUT2D eigenvalue weighted by atomic mass is 9.94. The van der Waals surface area contributed by atoms with Gasteiger partial charge in [-0.25, -0.2) is 0 Å². The minimum Gasteiger partial charge on any atom is -0.395 e. The number of rotatable bonds is 4. The van der Waals surface area contributed by atoms with E-state index in [1.165, 1.54) is 11.3 Å². The van der Waals surface area contributed by atoms with Crippen molar-refractivity contribution in [3.05, 3.63) is 0 Å². The molecule has 104 valence electrons. The second-order valence-corrected chi connectivity index (χ2v) is 4.82. The Labute approximate surface area is 109 Å². The molecule has 18 heavy (non-hydrogen) atoms. The quantitative estimate of drug-likeness (QED) is 0.750. The van der Waals surface area contributed by atoms with Crippen molar-refractivity contribution in [2.75, 3.05) is 26.7 Å². The normalized spacial score (nSPS) is 16.4. The zero-order valence-electron chi connectivity index (χ0n) is 11.4. The first-order valence-corrected chi connectivity index (χ1v) is 6.78. The van der Waals surface area contributed by atoms with Gasteiger partial charge in [0.05, 0.1) is 6.61 Å². The van der Waals surface area contributed by atoms with Crippen LogP contribution in [-0.2, 0) is 9.59 Å². The molecule has 5 nitrogen and oxygen atoms in total. The van der Waals surface area contributed by atoms with Crippen molar-refractivity contribution in [3.63, 3.8) is 0 Å². The molecule has 1 fully saturated rings. The van der Waals surface area contributed by atoms with E-state index in [1.54, 1.807) is 18.9 Å². The second-order valence-electron chi connectivity index (χ2n) is 4.82. The first-order chi connectivity index (χ1) is 8.61. The molecule has 0 spiro atoms. The van der Waals surface area contributed by atoms with E-state index in [0.29, 0.717) is 6.54 Å². The van der Waals surface area contributed by atoms with Gasteiger partial charge in [-0.1, -0.05) is 19.3 Å². The average molecular weight is 256 g/mol. The predicted octanol–water partition coefficient (Wildman–Crippen LogP) is 0.618. The summed E-state index contributed by atoms with van der Waals surface area (Å²) in [6.45, 7) is 2.37. The second kappa shape index (κ2) is 7.36. The molecule has 0 saturated heterocycles. The lowest BCUT2D eigenvalue weighted by molar-refractivity contribution is -0.152. The van der Waals surface area contributed by atoms with Gasteiger partial charge in [-0.2, -0.15) is 0 Å². The molecule has 1 rings (SSSR count). The van der Waals surface area contributed by atoms with E-state index in [1.807, 2.05) is 0 Å². The lowest BCUT2D eigenvalue weighted by Crippen LogP contribution is -2.48. The lowest BCUT2D eigenvalue weighted by Gasteiger charge is -2.32. The van der Waals surface area contributed by atoms with Gasteiger partial charge in [0.25, 0.3) is 0 Å². The summed E-state index contributed by atoms with van der Waals surface area (Å²) in [4.78, 5) is 27.0. The van der Waals surface area contributed by atoms with Crippen LogP contribution in [0, 0.1) is 0 Å². The average Bonchev–Trinajstić information content (AvgIpc) is 2.43. The van der Waals surface area contributed by atoms with Crippen molar-refractivity contribution in [2.24, 2.45) is 0 Å². The van der Waals surface area contributed by atoms with Crippen molar-refractivity contribution < 1.29 is 14.7 Å². The van der Waals surface area contributed by atoms with Gasteiger partial charge >= 0.3 is 11.8 Å². The highest BCUT2D eigenvalue weighted by Gasteiger charge is 2.29. The van der Waals surface area contributed by atoms with E-state index in [9.17, 15) is 9.59 Å². The van der Waals surface area contributed by atoms with Crippen molar-refractivity contribution in [2.45, 2.75) is 45.1 Å². The summed E-state index contributed by atoms with van der Waals surface area (Å²) in [5, 5.41) is 8.87. The van der Waals surface area contributed by atoms with Crippen molar-refractivity contribution in [1.29, 1.82) is 0 Å². The topological polar surface area (TPSA) is 60.9 Å². The Balaban J connectivity index is 2.58. The number of aliphatic hydroxyl groups excluding tert-OH is 1. The smallest absolute Gasteiger partial charge is 0.312 e. The molecule has 0 bridgehead atoms. The largest absolute Gasteiger partial charge is 0.395 e. The van der Waals surface area contributed by atoms with E-state index in [2.05, 4.69) is 0 Å². The molecule has 0 radical (unpaired) electrons. The standard InChI is InChI=1S/C13H24N2O3/c1-3-15(9-10-16)13(18)12(17)14(2)11-7-5-4-6-8-11/h11,16H,3-10H2,1-2H3. The van der Waals surface area contributed by atoms with Gasteiger partial charge in [0.1, 0.15) is 0 Å². The zero-order valence-corrected chi connectivity index (χ0v) is 11.4. The zero-order chi connectivity index (χ0) is 13.5. The summed E-state index contributed by atoms with van der Waals surface area (Å²) >= 11 is 0. The van der Waals surface area contributed by atoms with E-state index in [-0.39, 0.29) is 19.2 Å². The predicted molar refractivity (Wildman–Crippen MR) is 69.0 cm³/mol. The molecule has 1 aliphatic carbocycles. The van der Waals surface area contributed by atoms with Crippen LogP contribution in [0.3, 0.4) is 0 Å². The molecule has 5 heteroatoms. The Morgan fingerprint density at radius 2 is 1.78 bits per heavy atom. The maximum atomic E-state index is 12.1. The molecule has 2 amide bonds. The molecular weight excluding hydrogens is 232 g/mol. The van der Waals surface area contributed by atoms with Crippen molar-refractivity contribution in [1.82, 2.24) is 9.80 Å². The van der Waals surface area contributed by atoms with Gasteiger partial charge < -0.3 is 14.9 Å². The van der Waals surface area contributed by atoms with E-state index in [0.717, 1.165) is 25.7 Å². The third kappa shape index (κ3) is 3.70. The Hall–Kier alpha value is -1.10. The van der Waals surface area contributed by atoms with Crippen LogP contribution in [0.25, 0.3) is 0 Å². The third-order valence-electron chi connectivity index (χ3n) is 3.66. The number of amides is 2. The fraction of sp³-hybridized carbons (Fsp3) is 0.846. The van der Waals surface area contributed by atoms with Crippen LogP contribution in [-0.4, -0.2) is 59.5 Å². The summed E-state index contributed by atoms with van der Waals surface area (Å²) in [5.41, 5.74) is 0. The first kappa shape index (κ1) is 15.0. The van der Waals surface area contributed by atoms with Gasteiger partial charge in [-0.15, -0.1) is 0 Å². The number of hydrogen-bond donors (Lipinski definition) is 1. The highest BCUT2D eigenvalue weighted by molar-refractivity contribution is 6.34. The van der Waals surface area contributed by atoms with Gasteiger partial charge in [0, 0.05) is 26.2 Å². The van der Waals surface area contributed by atoms with Gasteiger partial charge in [0.2, 0.25) is 0 Å². The Morgan fingerprint density at radius 3 is 2.28 bits per heavy atom. The number of aliphatic hydroxyl groups is 1. The van der Waals surface area contributed by atoms with Crippen molar-refractivity contribution in [3.8, 4) is 0 Å². The maximum absolute atomic E-state index is 12.1. The molecule has 1 aliphatic rings. The third-order valence-corrected chi connectivity index (χ3v) is 3.66. The number of hydrogen-bond acceptors (Lipinski definition) is 3. The number of carbonyl (C=O) groups is 2. The molecule has 0 aliphatic heterocycles. The van der Waals surface area contributed by atoms with Gasteiger partial charge in [-0.3, -0.25) is 9.59 Å². The van der Waals surface area contributed by atoms with Crippen LogP contribution in [0.2, 0.25) is 0 Å². The molecule has 0 aromatic heterocycles. The van der Waals surface area contributed by atoms with Crippen LogP contribution >= 0.6 is 0 Å². The minimum atomic E-state index is -0.500. The minimum absolute atomic E-state index is 0.111.